The summed E-state index contributed by atoms with van der Waals surface area (Å²) >= 11 is 0. The summed E-state index contributed by atoms with van der Waals surface area (Å²) in [7, 11) is 0. The molecule has 4 rings (SSSR count). The third kappa shape index (κ3) is 28.1. The van der Waals surface area contributed by atoms with E-state index in [1.165, 1.54) is 128 Å². The number of carbonyl (C=O) groups is 6. The summed E-state index contributed by atoms with van der Waals surface area (Å²) in [5.41, 5.74) is 0. The molecule has 67 heavy (non-hydrogen) atoms. The van der Waals surface area contributed by atoms with Crippen molar-refractivity contribution in [2.45, 2.75) is 243 Å². The molecule has 4 saturated carbocycles. The van der Waals surface area contributed by atoms with E-state index in [1.807, 2.05) is 0 Å². The zero-order valence-corrected chi connectivity index (χ0v) is 41.6. The SMILES string of the molecule is O=C(CCCC1CCCCC1)OCC(COC(=O)CCCC1CCCCC1)OC(=O)CCCNCCCC(=O)OC(COC(=O)CCCC1CCCCC1)COC(=O)CCCC1CCCCC1. The molecule has 0 aromatic rings. The summed E-state index contributed by atoms with van der Waals surface area (Å²) in [5, 5.41) is 3.24. The van der Waals surface area contributed by atoms with Crippen LogP contribution < -0.4 is 5.32 Å². The van der Waals surface area contributed by atoms with Gasteiger partial charge in [0.15, 0.2) is 12.2 Å². The first-order valence-electron chi connectivity index (χ1n) is 27.4. The number of hydrogen-bond donors (Lipinski definition) is 1. The van der Waals surface area contributed by atoms with Gasteiger partial charge in [0.05, 0.1) is 0 Å². The zero-order chi connectivity index (χ0) is 47.6. The topological polar surface area (TPSA) is 170 Å². The fourth-order valence-corrected chi connectivity index (χ4v) is 10.6. The second-order valence-corrected chi connectivity index (χ2v) is 20.5. The fraction of sp³-hybridized carbons (Fsp3) is 0.889. The Balaban J connectivity index is 1.11. The van der Waals surface area contributed by atoms with E-state index in [1.54, 1.807) is 0 Å². The highest BCUT2D eigenvalue weighted by Crippen LogP contribution is 2.30. The molecule has 0 aromatic carbocycles. The van der Waals surface area contributed by atoms with Gasteiger partial charge in [-0.15, -0.1) is 0 Å². The second-order valence-electron chi connectivity index (χ2n) is 20.5. The van der Waals surface area contributed by atoms with Crippen molar-refractivity contribution in [1.29, 1.82) is 0 Å². The molecule has 0 heterocycles. The van der Waals surface area contributed by atoms with Gasteiger partial charge in [-0.25, -0.2) is 0 Å². The minimum Gasteiger partial charge on any atom is -0.462 e. The molecule has 0 aromatic heterocycles. The van der Waals surface area contributed by atoms with Crippen LogP contribution in [0.25, 0.3) is 0 Å². The third-order valence-electron chi connectivity index (χ3n) is 14.7. The van der Waals surface area contributed by atoms with Crippen molar-refractivity contribution < 1.29 is 57.2 Å². The molecular formula is C54H91NO12. The minimum absolute atomic E-state index is 0.108. The van der Waals surface area contributed by atoms with Crippen molar-refractivity contribution in [2.24, 2.45) is 23.7 Å². The highest BCUT2D eigenvalue weighted by atomic mass is 16.6. The van der Waals surface area contributed by atoms with Crippen LogP contribution in [0.15, 0.2) is 0 Å². The van der Waals surface area contributed by atoms with Crippen LogP contribution in [0.2, 0.25) is 0 Å². The number of carbonyl (C=O) groups excluding carboxylic acids is 6. The van der Waals surface area contributed by atoms with Gasteiger partial charge in [-0.1, -0.05) is 128 Å². The predicted molar refractivity (Wildman–Crippen MR) is 257 cm³/mol. The Hall–Kier alpha value is -3.22. The van der Waals surface area contributed by atoms with Crippen molar-refractivity contribution in [1.82, 2.24) is 5.32 Å². The average Bonchev–Trinajstić information content (AvgIpc) is 3.34. The molecule has 4 aliphatic rings. The number of ether oxygens (including phenoxy) is 6. The summed E-state index contributed by atoms with van der Waals surface area (Å²) in [4.78, 5) is 76.2. The summed E-state index contributed by atoms with van der Waals surface area (Å²) in [5.74, 6) is 0.428. The monoisotopic (exact) mass is 946 g/mol. The van der Waals surface area contributed by atoms with Gasteiger partial charge in [0.25, 0.3) is 0 Å². The van der Waals surface area contributed by atoms with E-state index < -0.39 is 24.1 Å². The molecule has 0 amide bonds. The molecule has 0 aliphatic heterocycles. The molecule has 4 aliphatic carbocycles. The van der Waals surface area contributed by atoms with Crippen LogP contribution >= 0.6 is 0 Å². The van der Waals surface area contributed by atoms with Gasteiger partial charge in [-0.2, -0.15) is 0 Å². The molecule has 1 N–H and O–H groups in total. The molecule has 4 fully saturated rings. The fourth-order valence-electron chi connectivity index (χ4n) is 10.6. The molecule has 0 bridgehead atoms. The predicted octanol–water partition coefficient (Wildman–Crippen LogP) is 11.1. The van der Waals surface area contributed by atoms with E-state index in [0.717, 1.165) is 51.4 Å². The minimum atomic E-state index is -0.885. The number of nitrogens with one attached hydrogen (secondary N) is 1. The van der Waals surface area contributed by atoms with Crippen LogP contribution in [0.4, 0.5) is 0 Å². The molecule has 0 spiro atoms. The van der Waals surface area contributed by atoms with Gasteiger partial charge >= 0.3 is 35.8 Å². The van der Waals surface area contributed by atoms with E-state index in [4.69, 9.17) is 28.4 Å². The molecular weight excluding hydrogens is 855 g/mol. The lowest BCUT2D eigenvalue weighted by atomic mass is 9.86. The molecule has 0 atom stereocenters. The van der Waals surface area contributed by atoms with Crippen LogP contribution in [0.1, 0.15) is 231 Å². The molecule has 0 radical (unpaired) electrons. The highest BCUT2D eigenvalue weighted by Gasteiger charge is 2.23. The number of hydrogen-bond acceptors (Lipinski definition) is 13. The lowest BCUT2D eigenvalue weighted by Crippen LogP contribution is -2.31. The van der Waals surface area contributed by atoms with E-state index in [0.29, 0.717) is 75.3 Å². The van der Waals surface area contributed by atoms with Gasteiger partial charge in [-0.05, 0) is 101 Å². The Morgan fingerprint density at radius 2 is 0.567 bits per heavy atom. The van der Waals surface area contributed by atoms with Gasteiger partial charge in [-0.3, -0.25) is 28.8 Å². The maximum atomic E-state index is 12.9. The average molecular weight is 946 g/mol. The lowest BCUT2D eigenvalue weighted by molar-refractivity contribution is -0.167. The Labute approximate surface area is 403 Å². The Morgan fingerprint density at radius 3 is 0.821 bits per heavy atom. The molecule has 0 saturated heterocycles. The van der Waals surface area contributed by atoms with E-state index in [2.05, 4.69) is 5.32 Å². The quantitative estimate of drug-likeness (QED) is 0.0368. The van der Waals surface area contributed by atoms with E-state index >= 15 is 0 Å². The van der Waals surface area contributed by atoms with Gasteiger partial charge in [0, 0.05) is 38.5 Å². The van der Waals surface area contributed by atoms with E-state index in [-0.39, 0.29) is 63.1 Å². The molecule has 13 nitrogen and oxygen atoms in total. The Morgan fingerprint density at radius 1 is 0.328 bits per heavy atom. The maximum absolute atomic E-state index is 12.9. The largest absolute Gasteiger partial charge is 0.462 e. The summed E-state index contributed by atoms with van der Waals surface area (Å²) in [6, 6.07) is 0. The molecule has 13 heteroatoms. The smallest absolute Gasteiger partial charge is 0.306 e. The number of rotatable bonds is 34. The Bertz CT molecular complexity index is 1200. The lowest BCUT2D eigenvalue weighted by Gasteiger charge is -2.21. The van der Waals surface area contributed by atoms with Crippen molar-refractivity contribution in [3.8, 4) is 0 Å². The van der Waals surface area contributed by atoms with Crippen LogP contribution in [0, 0.1) is 23.7 Å². The maximum Gasteiger partial charge on any atom is 0.306 e. The first-order chi connectivity index (χ1) is 32.7. The van der Waals surface area contributed by atoms with E-state index in [9.17, 15) is 28.8 Å². The number of esters is 6. The first kappa shape index (κ1) is 56.4. The summed E-state index contributed by atoms with van der Waals surface area (Å²) in [6.45, 7) is 0.344. The highest BCUT2D eigenvalue weighted by molar-refractivity contribution is 5.72. The van der Waals surface area contributed by atoms with Crippen molar-refractivity contribution >= 4 is 35.8 Å². The standard InChI is InChI=1S/C54H91NO12/c56-49(31-13-27-43-19-5-1-6-20-43)62-39-47(40-63-50(57)32-14-28-44-21-7-2-8-22-44)66-53(60)35-17-37-55-38-18-36-54(61)67-48(41-64-51(58)33-15-29-45-23-9-3-10-24-45)42-65-52(59)34-16-30-46-25-11-4-12-26-46/h43-48,55H,1-42H2. The van der Waals surface area contributed by atoms with Gasteiger partial charge in [0.1, 0.15) is 26.4 Å². The van der Waals surface area contributed by atoms with Crippen LogP contribution in [-0.2, 0) is 57.2 Å². The van der Waals surface area contributed by atoms with Crippen LogP contribution in [0.5, 0.6) is 0 Å². The summed E-state index contributed by atoms with van der Waals surface area (Å²) < 4.78 is 33.4. The van der Waals surface area contributed by atoms with Gasteiger partial charge in [0.2, 0.25) is 0 Å². The van der Waals surface area contributed by atoms with Crippen molar-refractivity contribution in [2.75, 3.05) is 39.5 Å². The first-order valence-corrected chi connectivity index (χ1v) is 27.4. The second kappa shape index (κ2) is 35.8. The van der Waals surface area contributed by atoms with Crippen molar-refractivity contribution in [3.05, 3.63) is 0 Å². The Kier molecular flexibility index (Phi) is 30.1. The normalized spacial score (nSPS) is 17.8. The molecule has 384 valence electrons. The van der Waals surface area contributed by atoms with Crippen LogP contribution in [-0.4, -0.2) is 87.5 Å². The van der Waals surface area contributed by atoms with Gasteiger partial charge < -0.3 is 33.7 Å². The van der Waals surface area contributed by atoms with Crippen molar-refractivity contribution in [3.63, 3.8) is 0 Å². The molecule has 0 unspecified atom stereocenters. The van der Waals surface area contributed by atoms with Crippen LogP contribution in [0.3, 0.4) is 0 Å². The summed E-state index contributed by atoms with van der Waals surface area (Å²) in [6.07, 6.45) is 32.9. The third-order valence-corrected chi connectivity index (χ3v) is 14.7. The zero-order valence-electron chi connectivity index (χ0n) is 41.6.